The first kappa shape index (κ1) is 27.4. The Balaban J connectivity index is 0.000000140. The number of allylic oxidation sites excluding steroid dienone is 1. The Kier molecular flexibility index (Phi) is 6.57. The van der Waals surface area contributed by atoms with Crippen molar-refractivity contribution < 1.29 is 4.42 Å². The molecule has 1 heterocycles. The van der Waals surface area contributed by atoms with E-state index in [1.54, 1.807) is 0 Å². The van der Waals surface area contributed by atoms with Crippen molar-refractivity contribution in [1.82, 2.24) is 0 Å². The molecular formula is C44H36O. The summed E-state index contributed by atoms with van der Waals surface area (Å²) in [4.78, 5) is 0. The van der Waals surface area contributed by atoms with Gasteiger partial charge in [0.15, 0.2) is 0 Å². The van der Waals surface area contributed by atoms with Crippen LogP contribution in [-0.4, -0.2) is 0 Å². The van der Waals surface area contributed by atoms with Crippen molar-refractivity contribution in [3.8, 4) is 11.1 Å². The minimum atomic E-state index is 0.583. The van der Waals surface area contributed by atoms with Gasteiger partial charge in [-0.25, -0.2) is 0 Å². The smallest absolute Gasteiger partial charge is 0.142 e. The molecule has 0 aliphatic heterocycles. The van der Waals surface area contributed by atoms with Crippen molar-refractivity contribution >= 4 is 60.3 Å². The number of furan rings is 1. The van der Waals surface area contributed by atoms with Crippen LogP contribution in [0.1, 0.15) is 47.1 Å². The van der Waals surface area contributed by atoms with Crippen molar-refractivity contribution in [3.05, 3.63) is 149 Å². The van der Waals surface area contributed by atoms with Gasteiger partial charge in [-0.3, -0.25) is 0 Å². The van der Waals surface area contributed by atoms with Gasteiger partial charge >= 0.3 is 0 Å². The fourth-order valence-corrected chi connectivity index (χ4v) is 7.44. The highest BCUT2D eigenvalue weighted by Crippen LogP contribution is 2.43. The van der Waals surface area contributed by atoms with Gasteiger partial charge in [-0.15, -0.1) is 0 Å². The molecule has 1 unspecified atom stereocenters. The molecule has 8 aromatic rings. The SMILES string of the molecule is Cc1ccc2oc3c4c(ccc3c2c1)C(C)CC=C4.Cc1ccccc1-c1c(C)c2ccccc2c2c1ccc1ccccc12. The molecule has 0 bridgehead atoms. The number of fused-ring (bicyclic) bond motifs is 10. The number of hydrogen-bond acceptors (Lipinski definition) is 1. The maximum atomic E-state index is 6.10. The van der Waals surface area contributed by atoms with Crippen LogP contribution in [0, 0.1) is 20.8 Å². The summed E-state index contributed by atoms with van der Waals surface area (Å²) >= 11 is 0. The number of aryl methyl sites for hydroxylation is 3. The molecule has 0 amide bonds. The first-order valence-electron chi connectivity index (χ1n) is 16.0. The van der Waals surface area contributed by atoms with Gasteiger partial charge in [-0.1, -0.05) is 128 Å². The fourth-order valence-electron chi connectivity index (χ4n) is 7.44. The molecule has 1 atom stereocenters. The van der Waals surface area contributed by atoms with Crippen LogP contribution in [0.15, 0.2) is 126 Å². The van der Waals surface area contributed by atoms with Crippen molar-refractivity contribution in [2.75, 3.05) is 0 Å². The average molecular weight is 581 g/mol. The Labute approximate surface area is 264 Å². The Bertz CT molecular complexity index is 2450. The molecule has 0 radical (unpaired) electrons. The molecule has 0 saturated heterocycles. The highest BCUT2D eigenvalue weighted by atomic mass is 16.3. The molecule has 1 aliphatic rings. The van der Waals surface area contributed by atoms with Crippen LogP contribution < -0.4 is 0 Å². The van der Waals surface area contributed by atoms with Gasteiger partial charge < -0.3 is 4.42 Å². The van der Waals surface area contributed by atoms with Gasteiger partial charge in [0.05, 0.1) is 0 Å². The monoisotopic (exact) mass is 580 g/mol. The lowest BCUT2D eigenvalue weighted by atomic mass is 9.85. The molecule has 1 nitrogen and oxygen atoms in total. The zero-order valence-electron chi connectivity index (χ0n) is 26.3. The predicted octanol–water partition coefficient (Wildman–Crippen LogP) is 12.8. The molecule has 1 aliphatic carbocycles. The second kappa shape index (κ2) is 10.8. The van der Waals surface area contributed by atoms with Gasteiger partial charge in [0, 0.05) is 16.3 Å². The minimum Gasteiger partial charge on any atom is -0.455 e. The molecule has 9 rings (SSSR count). The van der Waals surface area contributed by atoms with Gasteiger partial charge in [-0.2, -0.15) is 0 Å². The molecule has 0 saturated carbocycles. The summed E-state index contributed by atoms with van der Waals surface area (Å²) in [5.41, 5.74) is 11.4. The van der Waals surface area contributed by atoms with Crippen LogP contribution in [0.3, 0.4) is 0 Å². The van der Waals surface area contributed by atoms with E-state index in [2.05, 4.69) is 155 Å². The van der Waals surface area contributed by atoms with Crippen LogP contribution >= 0.6 is 0 Å². The second-order valence-corrected chi connectivity index (χ2v) is 12.7. The summed E-state index contributed by atoms with van der Waals surface area (Å²) in [5, 5.41) is 10.5. The maximum Gasteiger partial charge on any atom is 0.142 e. The van der Waals surface area contributed by atoms with Crippen molar-refractivity contribution in [2.45, 2.75) is 40.0 Å². The molecule has 0 spiro atoms. The first-order valence-corrected chi connectivity index (χ1v) is 16.0. The minimum absolute atomic E-state index is 0.583. The van der Waals surface area contributed by atoms with E-state index in [9.17, 15) is 0 Å². The van der Waals surface area contributed by atoms with Crippen molar-refractivity contribution in [1.29, 1.82) is 0 Å². The van der Waals surface area contributed by atoms with Crippen LogP contribution in [0.4, 0.5) is 0 Å². The third kappa shape index (κ3) is 4.46. The summed E-state index contributed by atoms with van der Waals surface area (Å²) < 4.78 is 6.10. The van der Waals surface area contributed by atoms with Gasteiger partial charge in [0.25, 0.3) is 0 Å². The van der Waals surface area contributed by atoms with Crippen LogP contribution in [-0.2, 0) is 0 Å². The van der Waals surface area contributed by atoms with Gasteiger partial charge in [0.2, 0.25) is 0 Å². The third-order valence-electron chi connectivity index (χ3n) is 9.76. The molecule has 1 heteroatoms. The standard InChI is InChI=1S/C26H20.C18H16O/c1-17-9-3-5-11-20(17)25-18(2)21-12-7-8-14-23(21)26-22-13-6-4-10-19(22)15-16-24(25)26;1-11-6-9-17-16(10-11)15-8-7-13-12(2)4-3-5-14(13)18(15)19-17/h3-16H,1-2H3;3,5-10,12H,4H2,1-2H3. The number of benzene rings is 7. The zero-order valence-corrected chi connectivity index (χ0v) is 26.3. The van der Waals surface area contributed by atoms with E-state index in [-0.39, 0.29) is 0 Å². The highest BCUT2D eigenvalue weighted by molar-refractivity contribution is 6.25. The molecule has 218 valence electrons. The maximum absolute atomic E-state index is 6.10. The summed E-state index contributed by atoms with van der Waals surface area (Å²) in [7, 11) is 0. The molecule has 0 fully saturated rings. The fraction of sp³-hybridized carbons (Fsp3) is 0.136. The van der Waals surface area contributed by atoms with Crippen LogP contribution in [0.2, 0.25) is 0 Å². The Hall–Kier alpha value is -5.14. The summed E-state index contributed by atoms with van der Waals surface area (Å²) in [5.74, 6) is 0.583. The third-order valence-corrected chi connectivity index (χ3v) is 9.76. The van der Waals surface area contributed by atoms with Gasteiger partial charge in [0.1, 0.15) is 11.2 Å². The van der Waals surface area contributed by atoms with Gasteiger partial charge in [-0.05, 0) is 105 Å². The lowest BCUT2D eigenvalue weighted by Gasteiger charge is -2.18. The number of hydrogen-bond donors (Lipinski definition) is 0. The topological polar surface area (TPSA) is 13.1 Å². The van der Waals surface area contributed by atoms with Crippen molar-refractivity contribution in [2.24, 2.45) is 0 Å². The van der Waals surface area contributed by atoms with Crippen LogP contribution in [0.25, 0.3) is 71.5 Å². The van der Waals surface area contributed by atoms with E-state index in [1.165, 1.54) is 82.0 Å². The van der Waals surface area contributed by atoms with E-state index in [0.717, 1.165) is 17.6 Å². The predicted molar refractivity (Wildman–Crippen MR) is 194 cm³/mol. The van der Waals surface area contributed by atoms with Crippen LogP contribution in [0.5, 0.6) is 0 Å². The lowest BCUT2D eigenvalue weighted by Crippen LogP contribution is -1.99. The second-order valence-electron chi connectivity index (χ2n) is 12.7. The van der Waals surface area contributed by atoms with E-state index in [4.69, 9.17) is 4.42 Å². The normalized spacial score (nSPS) is 14.3. The molecular weight excluding hydrogens is 544 g/mol. The Morgan fingerprint density at radius 3 is 2.20 bits per heavy atom. The average Bonchev–Trinajstić information content (AvgIpc) is 3.44. The van der Waals surface area contributed by atoms with E-state index >= 15 is 0 Å². The molecule has 45 heavy (non-hydrogen) atoms. The highest BCUT2D eigenvalue weighted by Gasteiger charge is 2.19. The number of rotatable bonds is 1. The lowest BCUT2D eigenvalue weighted by molar-refractivity contribution is 0.664. The van der Waals surface area contributed by atoms with Crippen molar-refractivity contribution in [3.63, 3.8) is 0 Å². The zero-order chi connectivity index (χ0) is 30.7. The summed E-state index contributed by atoms with van der Waals surface area (Å²) in [6, 6.07) is 41.7. The molecule has 0 N–H and O–H groups in total. The molecule has 7 aromatic carbocycles. The largest absolute Gasteiger partial charge is 0.455 e. The Morgan fingerprint density at radius 2 is 1.36 bits per heavy atom. The first-order chi connectivity index (χ1) is 22.0. The quantitative estimate of drug-likeness (QED) is 0.176. The summed E-state index contributed by atoms with van der Waals surface area (Å²) in [6.45, 7) is 8.87. The van der Waals surface area contributed by atoms with E-state index in [1.807, 2.05) is 0 Å². The van der Waals surface area contributed by atoms with E-state index < -0.39 is 0 Å². The Morgan fingerprint density at radius 1 is 0.622 bits per heavy atom. The molecule has 1 aromatic heterocycles. The van der Waals surface area contributed by atoms with E-state index in [0.29, 0.717) is 5.92 Å². The summed E-state index contributed by atoms with van der Waals surface area (Å²) in [6.07, 6.45) is 5.59.